The van der Waals surface area contributed by atoms with Gasteiger partial charge in [-0.3, -0.25) is 9.69 Å². The maximum Gasteiger partial charge on any atom is 0.401 e. The van der Waals surface area contributed by atoms with Gasteiger partial charge in [0.05, 0.1) is 13.0 Å². The minimum atomic E-state index is -4.21. The Hall–Kier alpha value is -1.76. The number of alkyl halides is 3. The van der Waals surface area contributed by atoms with Gasteiger partial charge in [0.15, 0.2) is 0 Å². The lowest BCUT2D eigenvalue weighted by Gasteiger charge is -2.21. The van der Waals surface area contributed by atoms with Crippen molar-refractivity contribution < 1.29 is 27.8 Å². The van der Waals surface area contributed by atoms with E-state index in [4.69, 9.17) is 9.84 Å². The molecule has 7 heteroatoms. The molecule has 0 atom stereocenters. The van der Waals surface area contributed by atoms with Gasteiger partial charge in [-0.05, 0) is 24.2 Å². The summed E-state index contributed by atoms with van der Waals surface area (Å²) in [5.41, 5.74) is 0.641. The van der Waals surface area contributed by atoms with E-state index in [2.05, 4.69) is 0 Å². The highest BCUT2D eigenvalue weighted by Gasteiger charge is 2.29. The summed E-state index contributed by atoms with van der Waals surface area (Å²) >= 11 is 0. The number of ether oxygens (including phenoxy) is 1. The molecule has 0 aliphatic heterocycles. The molecule has 0 aliphatic carbocycles. The Labute approximate surface area is 121 Å². The average Bonchev–Trinajstić information content (AvgIpc) is 2.37. The number of carboxylic acid groups (broad SMARTS) is 1. The SMILES string of the molecule is CCN(CCOc1ccc(CC(=O)O)cc1)CC(F)(F)F. The Kier molecular flexibility index (Phi) is 6.48. The van der Waals surface area contributed by atoms with Crippen LogP contribution in [0.25, 0.3) is 0 Å². The molecule has 0 saturated heterocycles. The van der Waals surface area contributed by atoms with Crippen molar-refractivity contribution in [1.82, 2.24) is 4.90 Å². The molecule has 0 bridgehead atoms. The number of aliphatic carboxylic acids is 1. The van der Waals surface area contributed by atoms with Gasteiger partial charge in [0.25, 0.3) is 0 Å². The van der Waals surface area contributed by atoms with Crippen LogP contribution in [0.3, 0.4) is 0 Å². The highest BCUT2D eigenvalue weighted by atomic mass is 19.4. The van der Waals surface area contributed by atoms with Crippen LogP contribution in [0.5, 0.6) is 5.75 Å². The molecule has 4 nitrogen and oxygen atoms in total. The Morgan fingerprint density at radius 1 is 1.29 bits per heavy atom. The second kappa shape index (κ2) is 7.87. The first-order valence-corrected chi connectivity index (χ1v) is 6.53. The predicted molar refractivity (Wildman–Crippen MR) is 71.4 cm³/mol. The summed E-state index contributed by atoms with van der Waals surface area (Å²) < 4.78 is 42.1. The van der Waals surface area contributed by atoms with Crippen LogP contribution in [0.2, 0.25) is 0 Å². The summed E-state index contributed by atoms with van der Waals surface area (Å²) in [6.07, 6.45) is -4.29. The highest BCUT2D eigenvalue weighted by molar-refractivity contribution is 5.70. The van der Waals surface area contributed by atoms with Gasteiger partial charge in [-0.1, -0.05) is 19.1 Å². The molecule has 0 radical (unpaired) electrons. The summed E-state index contributed by atoms with van der Waals surface area (Å²) in [6.45, 7) is 1.31. The molecule has 0 aliphatic rings. The van der Waals surface area contributed by atoms with Crippen molar-refractivity contribution in [2.45, 2.75) is 19.5 Å². The van der Waals surface area contributed by atoms with Crippen molar-refractivity contribution in [3.8, 4) is 5.75 Å². The van der Waals surface area contributed by atoms with Crippen LogP contribution in [-0.2, 0) is 11.2 Å². The zero-order valence-electron chi connectivity index (χ0n) is 11.7. The van der Waals surface area contributed by atoms with Crippen LogP contribution in [-0.4, -0.2) is 48.4 Å². The minimum absolute atomic E-state index is 0.0739. The van der Waals surface area contributed by atoms with Crippen molar-refractivity contribution in [3.63, 3.8) is 0 Å². The Balaban J connectivity index is 2.39. The van der Waals surface area contributed by atoms with E-state index in [-0.39, 0.29) is 19.6 Å². The summed E-state index contributed by atoms with van der Waals surface area (Å²) in [7, 11) is 0. The minimum Gasteiger partial charge on any atom is -0.492 e. The van der Waals surface area contributed by atoms with Crippen LogP contribution >= 0.6 is 0 Å². The fraction of sp³-hybridized carbons (Fsp3) is 0.500. The number of benzene rings is 1. The molecule has 21 heavy (non-hydrogen) atoms. The Morgan fingerprint density at radius 2 is 1.90 bits per heavy atom. The standard InChI is InChI=1S/C14H18F3NO3/c1-2-18(10-14(15,16)17)7-8-21-12-5-3-11(4-6-12)9-13(19)20/h3-6H,2,7-10H2,1H3,(H,19,20). The number of carboxylic acids is 1. The van der Waals surface area contributed by atoms with Crippen LogP contribution in [0, 0.1) is 0 Å². The molecule has 1 rings (SSSR count). The van der Waals surface area contributed by atoms with Crippen LogP contribution in [0.1, 0.15) is 12.5 Å². The molecule has 118 valence electrons. The molecule has 0 fully saturated rings. The Morgan fingerprint density at radius 3 is 2.38 bits per heavy atom. The lowest BCUT2D eigenvalue weighted by Crippen LogP contribution is -2.36. The number of hydrogen-bond acceptors (Lipinski definition) is 3. The van der Waals surface area contributed by atoms with Gasteiger partial charge in [-0.15, -0.1) is 0 Å². The number of nitrogens with zero attached hydrogens (tertiary/aromatic N) is 1. The van der Waals surface area contributed by atoms with E-state index < -0.39 is 18.7 Å². The van der Waals surface area contributed by atoms with E-state index in [1.54, 1.807) is 31.2 Å². The number of carbonyl (C=O) groups is 1. The van der Waals surface area contributed by atoms with Gasteiger partial charge in [-0.2, -0.15) is 13.2 Å². The lowest BCUT2D eigenvalue weighted by atomic mass is 10.1. The number of rotatable bonds is 8. The summed E-state index contributed by atoms with van der Waals surface area (Å²) in [5.74, 6) is -0.415. The Bertz CT molecular complexity index is 446. The molecule has 0 spiro atoms. The normalized spacial score (nSPS) is 11.7. The summed E-state index contributed by atoms with van der Waals surface area (Å²) in [4.78, 5) is 11.8. The molecule has 1 N–H and O–H groups in total. The van der Waals surface area contributed by atoms with Gasteiger partial charge in [0.2, 0.25) is 0 Å². The maximum atomic E-state index is 12.3. The van der Waals surface area contributed by atoms with Gasteiger partial charge in [0, 0.05) is 6.54 Å². The largest absolute Gasteiger partial charge is 0.492 e. The van der Waals surface area contributed by atoms with E-state index in [9.17, 15) is 18.0 Å². The quantitative estimate of drug-likeness (QED) is 0.802. The summed E-state index contributed by atoms with van der Waals surface area (Å²) in [5, 5.41) is 8.63. The second-order valence-electron chi connectivity index (χ2n) is 4.55. The van der Waals surface area contributed by atoms with Crippen molar-refractivity contribution in [2.75, 3.05) is 26.2 Å². The summed E-state index contributed by atoms with van der Waals surface area (Å²) in [6, 6.07) is 6.46. The lowest BCUT2D eigenvalue weighted by molar-refractivity contribution is -0.146. The first kappa shape index (κ1) is 17.3. The van der Waals surface area contributed by atoms with E-state index >= 15 is 0 Å². The van der Waals surface area contributed by atoms with Gasteiger partial charge in [0.1, 0.15) is 12.4 Å². The zero-order valence-corrected chi connectivity index (χ0v) is 11.7. The molecule has 0 aromatic heterocycles. The van der Waals surface area contributed by atoms with Gasteiger partial charge >= 0.3 is 12.1 Å². The highest BCUT2D eigenvalue weighted by Crippen LogP contribution is 2.16. The molecular formula is C14H18F3NO3. The van der Waals surface area contributed by atoms with Crippen molar-refractivity contribution in [3.05, 3.63) is 29.8 Å². The smallest absolute Gasteiger partial charge is 0.401 e. The van der Waals surface area contributed by atoms with Gasteiger partial charge < -0.3 is 9.84 Å². The van der Waals surface area contributed by atoms with E-state index in [1.807, 2.05) is 0 Å². The maximum absolute atomic E-state index is 12.3. The van der Waals surface area contributed by atoms with Crippen LogP contribution < -0.4 is 4.74 Å². The van der Waals surface area contributed by atoms with Crippen molar-refractivity contribution in [1.29, 1.82) is 0 Å². The van der Waals surface area contributed by atoms with Crippen LogP contribution in [0.4, 0.5) is 13.2 Å². The number of halogens is 3. The van der Waals surface area contributed by atoms with E-state index in [0.717, 1.165) is 0 Å². The van der Waals surface area contributed by atoms with E-state index in [1.165, 1.54) is 4.90 Å². The topological polar surface area (TPSA) is 49.8 Å². The zero-order chi connectivity index (χ0) is 15.9. The number of hydrogen-bond donors (Lipinski definition) is 1. The third-order valence-corrected chi connectivity index (χ3v) is 2.81. The van der Waals surface area contributed by atoms with Gasteiger partial charge in [-0.25, -0.2) is 0 Å². The first-order valence-electron chi connectivity index (χ1n) is 6.53. The van der Waals surface area contributed by atoms with Crippen LogP contribution in [0.15, 0.2) is 24.3 Å². The average molecular weight is 305 g/mol. The fourth-order valence-corrected chi connectivity index (χ4v) is 1.77. The third-order valence-electron chi connectivity index (χ3n) is 2.81. The predicted octanol–water partition coefficient (Wildman–Crippen LogP) is 2.58. The molecular weight excluding hydrogens is 287 g/mol. The van der Waals surface area contributed by atoms with Crippen molar-refractivity contribution in [2.24, 2.45) is 0 Å². The molecule has 1 aromatic carbocycles. The van der Waals surface area contributed by atoms with E-state index in [0.29, 0.717) is 17.9 Å². The molecule has 0 amide bonds. The molecule has 0 unspecified atom stereocenters. The molecule has 0 heterocycles. The fourth-order valence-electron chi connectivity index (χ4n) is 1.77. The molecule has 0 saturated carbocycles. The molecule has 1 aromatic rings. The first-order chi connectivity index (χ1) is 9.80. The number of likely N-dealkylation sites (N-methyl/N-ethyl adjacent to an activating group) is 1. The third kappa shape index (κ3) is 7.55. The monoisotopic (exact) mass is 305 g/mol. The van der Waals surface area contributed by atoms with Crippen molar-refractivity contribution >= 4 is 5.97 Å². The second-order valence-corrected chi connectivity index (χ2v) is 4.55.